The van der Waals surface area contributed by atoms with E-state index >= 15 is 0 Å². The first-order valence-corrected chi connectivity index (χ1v) is 8.23. The molecule has 0 heterocycles. The van der Waals surface area contributed by atoms with Crippen molar-refractivity contribution in [2.45, 2.75) is 25.7 Å². The molecular weight excluding hydrogens is 342 g/mol. The smallest absolute Gasteiger partial charge is 0.258 e. The number of halogens is 1. The van der Waals surface area contributed by atoms with Gasteiger partial charge in [0.25, 0.3) is 5.69 Å². The Bertz CT molecular complexity index is 880. The summed E-state index contributed by atoms with van der Waals surface area (Å²) in [6.45, 7) is 0. The van der Waals surface area contributed by atoms with E-state index in [1.165, 1.54) is 22.3 Å². The molecule has 0 fully saturated rings. The van der Waals surface area contributed by atoms with Crippen LogP contribution < -0.4 is 0 Å². The Morgan fingerprint density at radius 1 is 1.09 bits per heavy atom. The quantitative estimate of drug-likeness (QED) is 0.496. The molecule has 0 N–H and O–H groups in total. The number of allylic oxidation sites excluding steroid dienone is 4. The second-order valence-electron chi connectivity index (χ2n) is 5.83. The highest BCUT2D eigenvalue weighted by Crippen LogP contribution is 2.42. The lowest BCUT2D eigenvalue weighted by atomic mass is 9.79. The van der Waals surface area contributed by atoms with Gasteiger partial charge in [-0.25, -0.2) is 0 Å². The van der Waals surface area contributed by atoms with E-state index in [0.717, 1.165) is 40.9 Å². The molecule has 3 nitrogen and oxygen atoms in total. The third-order valence-electron chi connectivity index (χ3n) is 4.64. The maximum atomic E-state index is 11.2. The van der Waals surface area contributed by atoms with E-state index in [0.29, 0.717) is 0 Å². The average molecular weight is 356 g/mol. The Morgan fingerprint density at radius 3 is 2.77 bits per heavy atom. The number of aryl methyl sites for hydroxylation is 1. The van der Waals surface area contributed by atoms with E-state index in [4.69, 9.17) is 0 Å². The third-order valence-corrected chi connectivity index (χ3v) is 5.29. The van der Waals surface area contributed by atoms with Crippen LogP contribution in [0.15, 0.2) is 46.5 Å². The molecular formula is C18H14BrNO2. The highest BCUT2D eigenvalue weighted by molar-refractivity contribution is 9.10. The molecule has 110 valence electrons. The second kappa shape index (κ2) is 5.06. The highest BCUT2D eigenvalue weighted by atomic mass is 79.9. The molecule has 0 bridgehead atoms. The number of hydrogen-bond acceptors (Lipinski definition) is 2. The van der Waals surface area contributed by atoms with Gasteiger partial charge < -0.3 is 0 Å². The lowest BCUT2D eigenvalue weighted by Crippen LogP contribution is -2.07. The Labute approximate surface area is 136 Å². The van der Waals surface area contributed by atoms with Crippen molar-refractivity contribution in [3.63, 3.8) is 0 Å². The van der Waals surface area contributed by atoms with Crippen LogP contribution in [0.5, 0.6) is 0 Å². The van der Waals surface area contributed by atoms with Crippen molar-refractivity contribution in [3.8, 4) is 0 Å². The van der Waals surface area contributed by atoms with E-state index in [1.54, 1.807) is 12.1 Å². The van der Waals surface area contributed by atoms with Crippen LogP contribution in [0.3, 0.4) is 0 Å². The van der Waals surface area contributed by atoms with Crippen LogP contribution in [-0.4, -0.2) is 4.92 Å². The molecule has 0 saturated carbocycles. The maximum Gasteiger partial charge on any atom is 0.271 e. The third kappa shape index (κ3) is 2.02. The van der Waals surface area contributed by atoms with Crippen molar-refractivity contribution in [2.75, 3.05) is 0 Å². The molecule has 2 aliphatic rings. The minimum atomic E-state index is -0.322. The fourth-order valence-electron chi connectivity index (χ4n) is 3.59. The van der Waals surface area contributed by atoms with Gasteiger partial charge in [0.05, 0.1) is 4.92 Å². The van der Waals surface area contributed by atoms with Gasteiger partial charge in [-0.2, -0.15) is 0 Å². The van der Waals surface area contributed by atoms with Gasteiger partial charge in [-0.3, -0.25) is 10.1 Å². The average Bonchev–Trinajstić information content (AvgIpc) is 2.54. The molecule has 0 aromatic heterocycles. The first-order chi connectivity index (χ1) is 10.6. The van der Waals surface area contributed by atoms with Gasteiger partial charge in [0, 0.05) is 16.6 Å². The summed E-state index contributed by atoms with van der Waals surface area (Å²) in [4.78, 5) is 10.8. The lowest BCUT2D eigenvalue weighted by molar-refractivity contribution is -0.384. The Hall–Kier alpha value is -1.94. The Morgan fingerprint density at radius 2 is 1.95 bits per heavy atom. The predicted molar refractivity (Wildman–Crippen MR) is 91.9 cm³/mol. The number of non-ortho nitro benzene ring substituents is 1. The maximum absolute atomic E-state index is 11.2. The summed E-state index contributed by atoms with van der Waals surface area (Å²) < 4.78 is 0.790. The molecule has 0 unspecified atom stereocenters. The fraction of sp³-hybridized carbons (Fsp3) is 0.222. The molecule has 2 aliphatic carbocycles. The van der Waals surface area contributed by atoms with Crippen molar-refractivity contribution >= 4 is 38.0 Å². The summed E-state index contributed by atoms with van der Waals surface area (Å²) >= 11 is 3.48. The summed E-state index contributed by atoms with van der Waals surface area (Å²) in [5.41, 5.74) is 5.49. The van der Waals surface area contributed by atoms with Crippen LogP contribution >= 0.6 is 15.9 Å². The monoisotopic (exact) mass is 355 g/mol. The highest BCUT2D eigenvalue weighted by Gasteiger charge is 2.22. The van der Waals surface area contributed by atoms with E-state index in [-0.39, 0.29) is 10.6 Å². The lowest BCUT2D eigenvalue weighted by Gasteiger charge is -2.25. The molecule has 0 amide bonds. The molecule has 0 atom stereocenters. The van der Waals surface area contributed by atoms with E-state index in [2.05, 4.69) is 40.2 Å². The summed E-state index contributed by atoms with van der Waals surface area (Å²) in [6, 6.07) is 7.54. The molecule has 4 rings (SSSR count). The largest absolute Gasteiger partial charge is 0.271 e. The van der Waals surface area contributed by atoms with E-state index in [1.807, 2.05) is 0 Å². The van der Waals surface area contributed by atoms with Gasteiger partial charge >= 0.3 is 0 Å². The van der Waals surface area contributed by atoms with Crippen molar-refractivity contribution in [1.82, 2.24) is 0 Å². The van der Waals surface area contributed by atoms with Gasteiger partial charge in [-0.1, -0.05) is 29.9 Å². The van der Waals surface area contributed by atoms with Crippen LogP contribution in [0, 0.1) is 10.1 Å². The van der Waals surface area contributed by atoms with Crippen LogP contribution in [0.1, 0.15) is 30.4 Å². The van der Waals surface area contributed by atoms with Crippen molar-refractivity contribution in [3.05, 3.63) is 67.7 Å². The van der Waals surface area contributed by atoms with Crippen molar-refractivity contribution in [1.29, 1.82) is 0 Å². The standard InChI is InChI=1S/C18H14BrNO2/c19-18-10-12(20(21)22)9-17-15-6-5-11-3-1-2-4-13(11)14(15)7-8-16(17)18/h2,4,7-10H,1,3,5-6H2. The number of fused-ring (bicyclic) bond motifs is 4. The fourth-order valence-corrected chi connectivity index (χ4v) is 4.17. The van der Waals surface area contributed by atoms with Gasteiger partial charge in [0.1, 0.15) is 0 Å². The van der Waals surface area contributed by atoms with Crippen molar-refractivity contribution < 1.29 is 4.92 Å². The number of hydrogen-bond donors (Lipinski definition) is 0. The summed E-state index contributed by atoms with van der Waals surface area (Å²) in [7, 11) is 0. The summed E-state index contributed by atoms with van der Waals surface area (Å²) in [5.74, 6) is 0. The first kappa shape index (κ1) is 13.7. The van der Waals surface area contributed by atoms with Crippen molar-refractivity contribution in [2.24, 2.45) is 0 Å². The second-order valence-corrected chi connectivity index (χ2v) is 6.68. The van der Waals surface area contributed by atoms with Gasteiger partial charge in [0.2, 0.25) is 0 Å². The number of nitrogens with zero attached hydrogens (tertiary/aromatic N) is 1. The van der Waals surface area contributed by atoms with E-state index < -0.39 is 0 Å². The SMILES string of the molecule is O=[N+]([O-])c1cc(Br)c2ccc3c(c2c1)CCC1=C3C=CCC1. The Kier molecular flexibility index (Phi) is 3.15. The first-order valence-electron chi connectivity index (χ1n) is 7.43. The van der Waals surface area contributed by atoms with E-state index in [9.17, 15) is 10.1 Å². The van der Waals surface area contributed by atoms with Crippen LogP contribution in [0.25, 0.3) is 16.3 Å². The molecule has 0 spiro atoms. The molecule has 2 aromatic carbocycles. The topological polar surface area (TPSA) is 43.1 Å². The number of rotatable bonds is 1. The molecule has 22 heavy (non-hydrogen) atoms. The number of benzene rings is 2. The minimum Gasteiger partial charge on any atom is -0.258 e. The molecule has 0 saturated heterocycles. The number of nitro groups is 1. The molecule has 2 aromatic rings. The zero-order valence-electron chi connectivity index (χ0n) is 11.9. The summed E-state index contributed by atoms with van der Waals surface area (Å²) in [5, 5.41) is 13.2. The summed E-state index contributed by atoms with van der Waals surface area (Å²) in [6.07, 6.45) is 8.73. The Balaban J connectivity index is 2.02. The number of nitro benzene ring substituents is 1. The van der Waals surface area contributed by atoms with Gasteiger partial charge in [-0.15, -0.1) is 0 Å². The zero-order valence-corrected chi connectivity index (χ0v) is 13.5. The van der Waals surface area contributed by atoms with Crippen LogP contribution in [0.2, 0.25) is 0 Å². The molecule has 0 radical (unpaired) electrons. The van der Waals surface area contributed by atoms with Crippen LogP contribution in [-0.2, 0) is 6.42 Å². The van der Waals surface area contributed by atoms with Gasteiger partial charge in [0.15, 0.2) is 0 Å². The normalized spacial score (nSPS) is 16.6. The molecule has 4 heteroatoms. The minimum absolute atomic E-state index is 0.145. The van der Waals surface area contributed by atoms with Gasteiger partial charge in [-0.05, 0) is 69.1 Å². The molecule has 0 aliphatic heterocycles. The zero-order chi connectivity index (χ0) is 15.3. The van der Waals surface area contributed by atoms with Crippen LogP contribution in [0.4, 0.5) is 5.69 Å². The predicted octanol–water partition coefficient (Wildman–Crippen LogP) is 5.56.